The fourth-order valence-corrected chi connectivity index (χ4v) is 0. The Labute approximate surface area is 158 Å². The third-order valence-electron chi connectivity index (χ3n) is 0. The zero-order valence-corrected chi connectivity index (χ0v) is 5.80. The number of hydrogen-bond donors (Lipinski definition) is 0. The molecule has 0 aliphatic heterocycles. The second kappa shape index (κ2) is 15.7. The van der Waals surface area contributed by atoms with Crippen LogP contribution in [0.25, 0.3) is 0 Å². The van der Waals surface area contributed by atoms with Crippen LogP contribution < -0.4 is 0 Å². The fourth-order valence-electron chi connectivity index (χ4n) is 0. The summed E-state index contributed by atoms with van der Waals surface area (Å²) in [5, 5.41) is 0. The Hall–Kier alpha value is 5.27. The van der Waals surface area contributed by atoms with Crippen molar-refractivity contribution < 1.29 is 49.4 Å². The molecular weight excluding hydrogens is 447 g/mol. The summed E-state index contributed by atoms with van der Waals surface area (Å²) in [6, 6.07) is 0. The zero-order chi connectivity index (χ0) is 0. The third kappa shape index (κ3) is 10.3. The first-order valence-corrected chi connectivity index (χ1v) is 0. The minimum atomic E-state index is 0. The molecule has 4 radical (unpaired) electrons. The predicted molar refractivity (Wildman–Crippen MR) is 22.8 cm³/mol. The van der Waals surface area contributed by atoms with Crippen LogP contribution in [0.1, 0.15) is 0 Å². The molecule has 0 aromatic rings. The predicted octanol–water partition coefficient (Wildman–Crippen LogP) is -2.21. The summed E-state index contributed by atoms with van der Waals surface area (Å²) < 4.78 is 0. The van der Waals surface area contributed by atoms with Crippen molar-refractivity contribution in [3.63, 3.8) is 0 Å². The van der Waals surface area contributed by atoms with Crippen LogP contribution in [0.3, 0.4) is 0 Å². The van der Waals surface area contributed by atoms with Crippen molar-refractivity contribution in [3.8, 4) is 0 Å². The molecule has 0 aromatic heterocycles. The van der Waals surface area contributed by atoms with Crippen molar-refractivity contribution in [1.29, 1.82) is 0 Å². The Bertz CT molecular complexity index is 8.00. The van der Waals surface area contributed by atoms with Crippen LogP contribution >= 0.6 is 0 Å². The summed E-state index contributed by atoms with van der Waals surface area (Å²) in [6.07, 6.45) is 0. The summed E-state index contributed by atoms with van der Waals surface area (Å²) in [6.45, 7) is 0. The molecule has 0 heterocycles. The van der Waals surface area contributed by atoms with E-state index in [-0.39, 0.29) is 164 Å². The van der Waals surface area contributed by atoms with E-state index in [2.05, 4.69) is 0 Å². The van der Waals surface area contributed by atoms with Crippen molar-refractivity contribution in [3.05, 3.63) is 0 Å². The molecule has 0 spiro atoms. The molecule has 0 nitrogen and oxygen atoms in total. The van der Waals surface area contributed by atoms with Crippen molar-refractivity contribution in [1.82, 2.24) is 0 Å². The van der Waals surface area contributed by atoms with E-state index in [9.17, 15) is 0 Å². The molecule has 0 aliphatic rings. The van der Waals surface area contributed by atoms with E-state index in [0.717, 1.165) is 0 Å². The van der Waals surface area contributed by atoms with E-state index >= 15 is 0 Å². The van der Waals surface area contributed by atoms with Crippen LogP contribution in [0.15, 0.2) is 0 Å². The van der Waals surface area contributed by atoms with Gasteiger partial charge >= 0.3 is 94.4 Å². The summed E-state index contributed by atoms with van der Waals surface area (Å²) in [5.74, 6) is 0. The standard InChI is InChI=1S/Ba.Eu.Ga.Sr.4H. The number of rotatable bonds is 0. The van der Waals surface area contributed by atoms with Gasteiger partial charge in [-0.25, -0.2) is 0 Å². The van der Waals surface area contributed by atoms with E-state index in [1.165, 1.54) is 0 Å². The van der Waals surface area contributed by atoms with Gasteiger partial charge in [0.25, 0.3) is 0 Å². The minimum absolute atomic E-state index is 0. The quantitative estimate of drug-likeness (QED) is 0.367. The van der Waals surface area contributed by atoms with Gasteiger partial charge in [-0.05, 0) is 0 Å². The van der Waals surface area contributed by atoms with Crippen LogP contribution in [0.5, 0.6) is 0 Å². The van der Waals surface area contributed by atoms with Crippen molar-refractivity contribution in [2.45, 2.75) is 0 Å². The Kier molecular flexibility index (Phi) is 89.8. The topological polar surface area (TPSA) is 0 Å². The summed E-state index contributed by atoms with van der Waals surface area (Å²) in [4.78, 5) is 0. The molecule has 4 heavy (non-hydrogen) atoms. The Morgan fingerprint density at radius 1 is 1.00 bits per heavy atom. The molecule has 4 heteroatoms. The molecule has 0 unspecified atom stereocenters. The fraction of sp³-hybridized carbons (Fsp3) is 0. The van der Waals surface area contributed by atoms with E-state index in [0.29, 0.717) is 0 Å². The van der Waals surface area contributed by atoms with Crippen LogP contribution in [0.4, 0.5) is 0 Å². The Morgan fingerprint density at radius 3 is 1.00 bits per heavy atom. The Balaban J connectivity index is 0. The summed E-state index contributed by atoms with van der Waals surface area (Å²) in [7, 11) is 0. The van der Waals surface area contributed by atoms with Gasteiger partial charge in [0.05, 0.1) is 0 Å². The summed E-state index contributed by atoms with van der Waals surface area (Å²) in [5.41, 5.74) is 0. The molecule has 18 valence electrons. The van der Waals surface area contributed by atoms with Crippen LogP contribution in [-0.2, 0) is 0 Å². The third-order valence-corrected chi connectivity index (χ3v) is 0. The monoisotopic (exact) mass is 452 g/mol. The van der Waals surface area contributed by atoms with Gasteiger partial charge in [-0.1, -0.05) is 0 Å². The second-order valence-electron chi connectivity index (χ2n) is 0. The van der Waals surface area contributed by atoms with Gasteiger partial charge in [-0.2, -0.15) is 0 Å². The van der Waals surface area contributed by atoms with Gasteiger partial charge < -0.3 is 0 Å². The first kappa shape index (κ1) is 22.8. The molecule has 0 rings (SSSR count). The first-order valence-electron chi connectivity index (χ1n) is 0. The molecule has 0 saturated carbocycles. The average Bonchev–Trinajstić information content (AvgIpc) is 0. The van der Waals surface area contributed by atoms with Gasteiger partial charge in [0.15, 0.2) is 0 Å². The van der Waals surface area contributed by atoms with Crippen molar-refractivity contribution in [2.75, 3.05) is 0 Å². The zero-order valence-electron chi connectivity index (χ0n) is 0.955. The Morgan fingerprint density at radius 2 is 1.00 bits per heavy atom. The van der Waals surface area contributed by atoms with E-state index in [1.807, 2.05) is 0 Å². The molecule has 0 saturated heterocycles. The van der Waals surface area contributed by atoms with Crippen LogP contribution in [0, 0.1) is 49.4 Å². The maximum absolute atomic E-state index is 0. The number of hydrogen-bond acceptors (Lipinski definition) is 0. The van der Waals surface area contributed by atoms with E-state index in [4.69, 9.17) is 0 Å². The first-order chi connectivity index (χ1) is 0. The molecular formula is H4BaEuGaSr. The van der Waals surface area contributed by atoms with Crippen molar-refractivity contribution >= 4 is 114 Å². The second-order valence-corrected chi connectivity index (χ2v) is 0. The molecule has 0 N–H and O–H groups in total. The van der Waals surface area contributed by atoms with Crippen LogP contribution in [0.2, 0.25) is 0 Å². The van der Waals surface area contributed by atoms with Gasteiger partial charge in [0, 0.05) is 69.2 Å². The van der Waals surface area contributed by atoms with Gasteiger partial charge in [0.1, 0.15) is 0 Å². The van der Waals surface area contributed by atoms with Gasteiger partial charge in [-0.3, -0.25) is 0 Å². The molecule has 0 aliphatic carbocycles. The average molecular weight is 451 g/mol. The maximum atomic E-state index is 0. The molecule has 0 bridgehead atoms. The normalized spacial score (nSPS) is 0. The van der Waals surface area contributed by atoms with Crippen LogP contribution in [-0.4, -0.2) is 114 Å². The summed E-state index contributed by atoms with van der Waals surface area (Å²) >= 11 is 0. The van der Waals surface area contributed by atoms with E-state index < -0.39 is 0 Å². The molecule has 0 amide bonds. The van der Waals surface area contributed by atoms with E-state index in [1.54, 1.807) is 0 Å². The van der Waals surface area contributed by atoms with Crippen molar-refractivity contribution in [2.24, 2.45) is 0 Å². The molecule has 0 atom stereocenters. The SMILES string of the molecule is [BaH2].[Eu].[Ga].[SrH2]. The molecule has 0 fully saturated rings. The van der Waals surface area contributed by atoms with Gasteiger partial charge in [-0.15, -0.1) is 0 Å². The molecule has 0 aromatic carbocycles. The van der Waals surface area contributed by atoms with Gasteiger partial charge in [0.2, 0.25) is 0 Å².